The van der Waals surface area contributed by atoms with Crippen molar-refractivity contribution in [2.24, 2.45) is 23.7 Å². The predicted octanol–water partition coefficient (Wildman–Crippen LogP) is 5.77. The van der Waals surface area contributed by atoms with Gasteiger partial charge in [0.1, 0.15) is 11.8 Å². The van der Waals surface area contributed by atoms with Crippen LogP contribution in [0.15, 0.2) is 23.3 Å². The van der Waals surface area contributed by atoms with E-state index in [4.69, 9.17) is 9.47 Å². The highest BCUT2D eigenvalue weighted by atomic mass is 16.5. The summed E-state index contributed by atoms with van der Waals surface area (Å²) in [5.41, 5.74) is 2.37. The Morgan fingerprint density at radius 3 is 2.27 bits per heavy atom. The number of allylic oxidation sites excluding steroid dienone is 4. The number of aliphatic hydroxyl groups excluding tert-OH is 1. The van der Waals surface area contributed by atoms with Gasteiger partial charge in [-0.05, 0) is 95.8 Å². The zero-order chi connectivity index (χ0) is 38.3. The van der Waals surface area contributed by atoms with Gasteiger partial charge in [0.25, 0.3) is 11.7 Å². The van der Waals surface area contributed by atoms with Crippen LogP contribution in [0, 0.1) is 23.7 Å². The van der Waals surface area contributed by atoms with Gasteiger partial charge in [-0.1, -0.05) is 63.3 Å². The molecule has 1 heterocycles. The van der Waals surface area contributed by atoms with E-state index in [2.05, 4.69) is 19.9 Å². The number of rotatable bonds is 22. The molecule has 1 saturated carbocycles. The minimum atomic E-state index is -2.95. The number of carbonyl (C=O) groups excluding carboxylic acids is 3. The first-order valence-corrected chi connectivity index (χ1v) is 19.1. The summed E-state index contributed by atoms with van der Waals surface area (Å²) >= 11 is 0. The molecule has 1 aliphatic carbocycles. The zero-order valence-corrected chi connectivity index (χ0v) is 32.3. The highest BCUT2D eigenvalue weighted by molar-refractivity contribution is 6.39. The number of hydrogen-bond acceptors (Lipinski definition) is 9. The SMILES string of the molecule is COC(CCCC(C)C/C(C)=C/CC(=O)CC(O)[C@@H](C)C/C(C)=C/[C@@H]1CCCC(OC)C1)CC(C)C(O)(O)C(=O)C(=O)N1CCCC[C@H]1C(=O)O. The van der Waals surface area contributed by atoms with E-state index in [1.807, 2.05) is 19.9 Å². The average Bonchev–Trinajstić information content (AvgIpc) is 3.09. The van der Waals surface area contributed by atoms with Gasteiger partial charge in [0.05, 0.1) is 18.3 Å². The van der Waals surface area contributed by atoms with Crippen molar-refractivity contribution in [1.29, 1.82) is 0 Å². The van der Waals surface area contributed by atoms with Gasteiger partial charge in [0, 0.05) is 39.5 Å². The van der Waals surface area contributed by atoms with Crippen molar-refractivity contribution in [2.45, 2.75) is 161 Å². The van der Waals surface area contributed by atoms with E-state index >= 15 is 0 Å². The van der Waals surface area contributed by atoms with E-state index in [-0.39, 0.29) is 43.6 Å². The number of amides is 1. The number of carboxylic acids is 1. The standard InChI is InChI=1S/C40H67NO10/c1-26(20-27(2)17-18-32(42)25-36(43)29(4)21-28(3)22-31-13-11-15-34(24-31)51-7)12-10-14-33(50-6)23-30(5)40(48,49)37(44)38(45)41-19-9-8-16-35(41)39(46)47/h17,22,26,29-31,33-36,43,48-49H,8-16,18-21,23-25H2,1-7H3,(H,46,47)/b27-17+,28-22+/t26?,29-,30?,31-,33?,34?,35-,36?/m0/s1. The Morgan fingerprint density at radius 2 is 1.63 bits per heavy atom. The Balaban J connectivity index is 1.75. The Morgan fingerprint density at radius 1 is 0.922 bits per heavy atom. The second-order valence-electron chi connectivity index (χ2n) is 15.7. The van der Waals surface area contributed by atoms with Crippen LogP contribution in [0.3, 0.4) is 0 Å². The molecule has 0 radical (unpaired) electrons. The molecule has 2 fully saturated rings. The van der Waals surface area contributed by atoms with Crippen molar-refractivity contribution in [1.82, 2.24) is 4.90 Å². The molecule has 0 aromatic rings. The summed E-state index contributed by atoms with van der Waals surface area (Å²) in [5.74, 6) is -6.94. The lowest BCUT2D eigenvalue weighted by atomic mass is 9.84. The van der Waals surface area contributed by atoms with Gasteiger partial charge in [-0.15, -0.1) is 0 Å². The molecule has 2 aliphatic rings. The normalized spacial score (nSPS) is 23.6. The van der Waals surface area contributed by atoms with E-state index in [0.717, 1.165) is 49.0 Å². The van der Waals surface area contributed by atoms with Crippen molar-refractivity contribution in [3.63, 3.8) is 0 Å². The lowest BCUT2D eigenvalue weighted by molar-refractivity contribution is -0.208. The number of ketones is 2. The van der Waals surface area contributed by atoms with Gasteiger partial charge < -0.3 is 34.8 Å². The highest BCUT2D eigenvalue weighted by Crippen LogP contribution is 2.30. The largest absolute Gasteiger partial charge is 0.480 e. The summed E-state index contributed by atoms with van der Waals surface area (Å²) in [6, 6.07) is -1.16. The fourth-order valence-electron chi connectivity index (χ4n) is 7.73. The molecule has 2 rings (SSSR count). The van der Waals surface area contributed by atoms with Gasteiger partial charge >= 0.3 is 5.97 Å². The summed E-state index contributed by atoms with van der Waals surface area (Å²) in [6.45, 7) is 9.81. The molecule has 1 saturated heterocycles. The lowest BCUT2D eigenvalue weighted by Crippen LogP contribution is -2.57. The molecule has 0 aromatic carbocycles. The van der Waals surface area contributed by atoms with Crippen LogP contribution in [0.5, 0.6) is 0 Å². The Hall–Kier alpha value is -2.44. The number of nitrogens with zero attached hydrogens (tertiary/aromatic N) is 1. The van der Waals surface area contributed by atoms with Gasteiger partial charge in [0.2, 0.25) is 5.79 Å². The van der Waals surface area contributed by atoms with Crippen molar-refractivity contribution in [3.8, 4) is 0 Å². The molecule has 51 heavy (non-hydrogen) atoms. The number of hydrogen-bond donors (Lipinski definition) is 4. The van der Waals surface area contributed by atoms with Crippen molar-refractivity contribution in [2.75, 3.05) is 20.8 Å². The molecule has 1 amide bonds. The van der Waals surface area contributed by atoms with Crippen LogP contribution >= 0.6 is 0 Å². The van der Waals surface area contributed by atoms with E-state index in [1.54, 1.807) is 7.11 Å². The van der Waals surface area contributed by atoms with E-state index < -0.39 is 41.5 Å². The van der Waals surface area contributed by atoms with Crippen LogP contribution in [0.4, 0.5) is 0 Å². The summed E-state index contributed by atoms with van der Waals surface area (Å²) < 4.78 is 11.1. The van der Waals surface area contributed by atoms with Crippen LogP contribution in [-0.4, -0.2) is 99.7 Å². The summed E-state index contributed by atoms with van der Waals surface area (Å²) in [6.07, 6.45) is 13.8. The van der Waals surface area contributed by atoms with E-state index in [9.17, 15) is 39.6 Å². The maximum atomic E-state index is 12.9. The highest BCUT2D eigenvalue weighted by Gasteiger charge is 2.47. The molecule has 0 aromatic heterocycles. The molecule has 0 bridgehead atoms. The van der Waals surface area contributed by atoms with Gasteiger partial charge in [-0.2, -0.15) is 0 Å². The van der Waals surface area contributed by atoms with Crippen molar-refractivity contribution >= 4 is 23.4 Å². The second kappa shape index (κ2) is 21.9. The number of aliphatic carboxylic acids is 1. The van der Waals surface area contributed by atoms with E-state index in [1.165, 1.54) is 32.4 Å². The first-order chi connectivity index (χ1) is 24.0. The van der Waals surface area contributed by atoms with Crippen LogP contribution in [0.2, 0.25) is 0 Å². The number of piperidine rings is 1. The average molecular weight is 722 g/mol. The quantitative estimate of drug-likeness (QED) is 0.0611. The first kappa shape index (κ1) is 44.7. The molecule has 1 aliphatic heterocycles. The molecule has 0 spiro atoms. The Kier molecular flexibility index (Phi) is 19.2. The monoisotopic (exact) mass is 721 g/mol. The minimum absolute atomic E-state index is 0.00341. The third-order valence-electron chi connectivity index (χ3n) is 11.0. The predicted molar refractivity (Wildman–Crippen MR) is 196 cm³/mol. The summed E-state index contributed by atoms with van der Waals surface area (Å²) in [7, 11) is 3.30. The van der Waals surface area contributed by atoms with Crippen LogP contribution in [-0.2, 0) is 28.7 Å². The smallest absolute Gasteiger partial charge is 0.326 e. The lowest BCUT2D eigenvalue weighted by Gasteiger charge is -2.35. The number of methoxy groups -OCH3 is 2. The fourth-order valence-corrected chi connectivity index (χ4v) is 7.73. The molecule has 8 atom stereocenters. The maximum Gasteiger partial charge on any atom is 0.326 e. The molecule has 5 unspecified atom stereocenters. The third-order valence-corrected chi connectivity index (χ3v) is 11.0. The summed E-state index contributed by atoms with van der Waals surface area (Å²) in [5, 5.41) is 41.6. The molecule has 292 valence electrons. The minimum Gasteiger partial charge on any atom is -0.480 e. The Bertz CT molecular complexity index is 1200. The third kappa shape index (κ3) is 14.8. The molecule has 11 heteroatoms. The second-order valence-corrected chi connectivity index (χ2v) is 15.7. The summed E-state index contributed by atoms with van der Waals surface area (Å²) in [4.78, 5) is 51.0. The van der Waals surface area contributed by atoms with Gasteiger partial charge in [0.15, 0.2) is 0 Å². The topological polar surface area (TPSA) is 171 Å². The van der Waals surface area contributed by atoms with E-state index in [0.29, 0.717) is 43.6 Å². The first-order valence-electron chi connectivity index (χ1n) is 19.1. The maximum absolute atomic E-state index is 12.9. The molecular formula is C40H67NO10. The van der Waals surface area contributed by atoms with Crippen molar-refractivity contribution < 1.29 is 49.1 Å². The number of carbonyl (C=O) groups is 4. The number of carboxylic acid groups (broad SMARTS) is 1. The molecular weight excluding hydrogens is 654 g/mol. The number of likely N-dealkylation sites (tertiary alicyclic amines) is 1. The molecule has 11 nitrogen and oxygen atoms in total. The van der Waals surface area contributed by atoms with Gasteiger partial charge in [-0.3, -0.25) is 14.4 Å². The van der Waals surface area contributed by atoms with Crippen LogP contribution in [0.25, 0.3) is 0 Å². The number of Topliss-reactive ketones (excluding diaryl/α,β-unsaturated/α-hetero) is 2. The molecule has 4 N–H and O–H groups in total. The van der Waals surface area contributed by atoms with Crippen LogP contribution < -0.4 is 0 Å². The number of ether oxygens (including phenoxy) is 2. The fraction of sp³-hybridized carbons (Fsp3) is 0.800. The zero-order valence-electron chi connectivity index (χ0n) is 32.3. The van der Waals surface area contributed by atoms with Gasteiger partial charge in [-0.25, -0.2) is 4.79 Å². The Labute approximate surface area is 305 Å². The van der Waals surface area contributed by atoms with Crippen LogP contribution in [0.1, 0.15) is 131 Å². The van der Waals surface area contributed by atoms with Crippen molar-refractivity contribution in [3.05, 3.63) is 23.3 Å². The number of aliphatic hydroxyl groups is 3.